The molecule has 5 atom stereocenters. The Hall–Kier alpha value is -1.67. The van der Waals surface area contributed by atoms with E-state index in [9.17, 15) is 19.5 Å². The Morgan fingerprint density at radius 1 is 1.27 bits per heavy atom. The van der Waals surface area contributed by atoms with Gasteiger partial charge in [-0.05, 0) is 45.2 Å². The van der Waals surface area contributed by atoms with Crippen molar-refractivity contribution in [2.75, 3.05) is 27.7 Å². The zero-order valence-electron chi connectivity index (χ0n) is 19.9. The van der Waals surface area contributed by atoms with E-state index in [0.29, 0.717) is 0 Å². The molecule has 0 saturated carbocycles. The smallest absolute Gasteiger partial charge is 0.306 e. The van der Waals surface area contributed by atoms with Crippen molar-refractivity contribution in [1.82, 2.24) is 15.1 Å². The summed E-state index contributed by atoms with van der Waals surface area (Å²) in [6, 6.07) is -1.10. The highest BCUT2D eigenvalue weighted by molar-refractivity contribution is 5.92. The number of carbonyl (C=O) groups excluding carboxylic acids is 2. The number of carboxylic acid groups (broad SMARTS) is 1. The molecule has 174 valence electrons. The Kier molecular flexibility index (Phi) is 9.75. The summed E-state index contributed by atoms with van der Waals surface area (Å²) in [6.07, 6.45) is 1.65. The average molecular weight is 428 g/mol. The number of carboxylic acids is 1. The quantitative estimate of drug-likeness (QED) is 0.523. The average Bonchev–Trinajstić information content (AvgIpc) is 3.03. The van der Waals surface area contributed by atoms with E-state index in [1.165, 1.54) is 7.11 Å². The van der Waals surface area contributed by atoms with Gasteiger partial charge in [0.2, 0.25) is 11.8 Å². The molecule has 30 heavy (non-hydrogen) atoms. The lowest BCUT2D eigenvalue weighted by molar-refractivity contribution is -0.148. The summed E-state index contributed by atoms with van der Waals surface area (Å²) < 4.78 is 5.48. The van der Waals surface area contributed by atoms with E-state index in [2.05, 4.69) is 5.32 Å². The van der Waals surface area contributed by atoms with E-state index < -0.39 is 29.7 Å². The molecule has 1 rings (SSSR count). The van der Waals surface area contributed by atoms with Crippen LogP contribution in [0.15, 0.2) is 0 Å². The summed E-state index contributed by atoms with van der Waals surface area (Å²) in [5.41, 5.74) is -0.625. The molecule has 1 aliphatic rings. The third-order valence-electron chi connectivity index (χ3n) is 6.79. The van der Waals surface area contributed by atoms with E-state index in [-0.39, 0.29) is 30.1 Å². The maximum Gasteiger partial charge on any atom is 0.306 e. The number of hydrogen-bond donors (Lipinski definition) is 2. The first kappa shape index (κ1) is 26.4. The number of rotatable bonds is 11. The first-order valence-electron chi connectivity index (χ1n) is 10.9. The third kappa shape index (κ3) is 5.94. The predicted molar refractivity (Wildman–Crippen MR) is 116 cm³/mol. The number of nitrogens with zero attached hydrogens (tertiary/aromatic N) is 2. The predicted octanol–water partition coefficient (Wildman–Crippen LogP) is 1.97. The van der Waals surface area contributed by atoms with Gasteiger partial charge in [0.1, 0.15) is 6.04 Å². The van der Waals surface area contributed by atoms with Crippen LogP contribution in [0, 0.1) is 11.8 Å². The van der Waals surface area contributed by atoms with Gasteiger partial charge in [0.05, 0.1) is 24.1 Å². The number of ether oxygens (including phenoxy) is 1. The zero-order valence-corrected chi connectivity index (χ0v) is 19.9. The van der Waals surface area contributed by atoms with Crippen LogP contribution in [0.4, 0.5) is 0 Å². The number of nitrogens with one attached hydrogen (secondary N) is 1. The number of likely N-dealkylation sites (N-methyl/N-ethyl adjacent to an activating group) is 2. The molecule has 2 amide bonds. The van der Waals surface area contributed by atoms with Gasteiger partial charge in [0.25, 0.3) is 0 Å². The SMILES string of the molecule is CC[C@H](C)[C@@H]([C@@H](CC(=O)O)OC)N(C)C(=O)[C@@H](NC(=O)[C@@]1(C)CCCN1C)C(C)C. The highest BCUT2D eigenvalue weighted by Gasteiger charge is 2.44. The maximum absolute atomic E-state index is 13.5. The van der Waals surface area contributed by atoms with Crippen molar-refractivity contribution in [2.24, 2.45) is 11.8 Å². The number of carbonyl (C=O) groups is 3. The van der Waals surface area contributed by atoms with Gasteiger partial charge in [-0.3, -0.25) is 19.3 Å². The molecule has 0 aromatic rings. The van der Waals surface area contributed by atoms with E-state index in [1.54, 1.807) is 11.9 Å². The molecule has 0 unspecified atom stereocenters. The fourth-order valence-corrected chi connectivity index (χ4v) is 4.32. The van der Waals surface area contributed by atoms with E-state index in [4.69, 9.17) is 4.74 Å². The first-order valence-corrected chi connectivity index (χ1v) is 10.9. The van der Waals surface area contributed by atoms with Gasteiger partial charge in [-0.15, -0.1) is 0 Å². The van der Waals surface area contributed by atoms with Crippen LogP contribution in [0.1, 0.15) is 60.3 Å². The van der Waals surface area contributed by atoms with Gasteiger partial charge in [0, 0.05) is 14.2 Å². The number of aliphatic carboxylic acids is 1. The van der Waals surface area contributed by atoms with Gasteiger partial charge >= 0.3 is 5.97 Å². The minimum Gasteiger partial charge on any atom is -0.481 e. The lowest BCUT2D eigenvalue weighted by Gasteiger charge is -2.40. The van der Waals surface area contributed by atoms with Gasteiger partial charge in [-0.25, -0.2) is 0 Å². The van der Waals surface area contributed by atoms with Crippen molar-refractivity contribution in [1.29, 1.82) is 0 Å². The van der Waals surface area contributed by atoms with Crippen molar-refractivity contribution in [2.45, 2.75) is 84.0 Å². The third-order valence-corrected chi connectivity index (χ3v) is 6.79. The summed E-state index contributed by atoms with van der Waals surface area (Å²) in [4.78, 5) is 41.5. The van der Waals surface area contributed by atoms with Crippen molar-refractivity contribution >= 4 is 17.8 Å². The van der Waals surface area contributed by atoms with Crippen molar-refractivity contribution < 1.29 is 24.2 Å². The molecular weight excluding hydrogens is 386 g/mol. The van der Waals surface area contributed by atoms with Gasteiger partial charge in [-0.2, -0.15) is 0 Å². The first-order chi connectivity index (χ1) is 13.9. The Balaban J connectivity index is 3.11. The summed E-state index contributed by atoms with van der Waals surface area (Å²) in [5.74, 6) is -1.42. The molecule has 0 bridgehead atoms. The van der Waals surface area contributed by atoms with E-state index in [0.717, 1.165) is 25.8 Å². The lowest BCUT2D eigenvalue weighted by Crippen LogP contribution is -2.61. The van der Waals surface area contributed by atoms with Crippen molar-refractivity contribution in [3.63, 3.8) is 0 Å². The highest BCUT2D eigenvalue weighted by atomic mass is 16.5. The van der Waals surface area contributed by atoms with Crippen LogP contribution < -0.4 is 5.32 Å². The Morgan fingerprint density at radius 3 is 2.27 bits per heavy atom. The van der Waals surface area contributed by atoms with Crippen LogP contribution in [0.2, 0.25) is 0 Å². The Labute approximate surface area is 181 Å². The standard InChI is InChI=1S/C22H41N3O5/c1-9-15(4)19(16(30-8)13-17(26)27)25(7)20(28)18(14(2)3)23-21(29)22(5)11-10-12-24(22)6/h14-16,18-19H,9-13H2,1-8H3,(H,23,29)(H,26,27)/t15-,16+,18-,19-,22+/m0/s1. The van der Waals surface area contributed by atoms with Gasteiger partial charge < -0.3 is 20.1 Å². The molecule has 8 nitrogen and oxygen atoms in total. The summed E-state index contributed by atoms with van der Waals surface area (Å²) in [5, 5.41) is 12.3. The minimum atomic E-state index is -0.970. The molecule has 0 aromatic carbocycles. The lowest BCUT2D eigenvalue weighted by atomic mass is 9.89. The topological polar surface area (TPSA) is 99.2 Å². The fourth-order valence-electron chi connectivity index (χ4n) is 4.32. The van der Waals surface area contributed by atoms with Crippen LogP contribution in [0.25, 0.3) is 0 Å². The molecule has 1 heterocycles. The monoisotopic (exact) mass is 427 g/mol. The largest absolute Gasteiger partial charge is 0.481 e. The molecular formula is C22H41N3O5. The number of methoxy groups -OCH3 is 1. The second-order valence-corrected chi connectivity index (χ2v) is 9.19. The molecule has 1 saturated heterocycles. The molecule has 8 heteroatoms. The molecule has 1 aliphatic heterocycles. The fraction of sp³-hybridized carbons (Fsp3) is 0.864. The van der Waals surface area contributed by atoms with Crippen molar-refractivity contribution in [3.8, 4) is 0 Å². The second-order valence-electron chi connectivity index (χ2n) is 9.19. The molecule has 2 N–H and O–H groups in total. The number of likely N-dealkylation sites (tertiary alicyclic amines) is 1. The van der Waals surface area contributed by atoms with E-state index in [1.807, 2.05) is 46.6 Å². The zero-order chi connectivity index (χ0) is 23.2. The minimum absolute atomic E-state index is 0.0326. The Bertz CT molecular complexity index is 612. The molecule has 0 spiro atoms. The summed E-state index contributed by atoms with van der Waals surface area (Å²) in [6.45, 7) is 10.6. The number of hydrogen-bond acceptors (Lipinski definition) is 5. The molecule has 1 fully saturated rings. The highest BCUT2D eigenvalue weighted by Crippen LogP contribution is 2.28. The van der Waals surface area contributed by atoms with E-state index >= 15 is 0 Å². The van der Waals surface area contributed by atoms with Crippen LogP contribution in [0.5, 0.6) is 0 Å². The summed E-state index contributed by atoms with van der Waals surface area (Å²) >= 11 is 0. The molecule has 0 aliphatic carbocycles. The van der Waals surface area contributed by atoms with Gasteiger partial charge in [0.15, 0.2) is 0 Å². The van der Waals surface area contributed by atoms with Crippen LogP contribution in [0.3, 0.4) is 0 Å². The summed E-state index contributed by atoms with van der Waals surface area (Å²) in [7, 11) is 5.08. The Morgan fingerprint density at radius 2 is 1.87 bits per heavy atom. The normalized spacial score (nSPS) is 23.6. The maximum atomic E-state index is 13.5. The van der Waals surface area contributed by atoms with Gasteiger partial charge in [-0.1, -0.05) is 34.1 Å². The van der Waals surface area contributed by atoms with Crippen LogP contribution >= 0.6 is 0 Å². The molecule has 0 radical (unpaired) electrons. The second kappa shape index (κ2) is 11.1. The van der Waals surface area contributed by atoms with Crippen LogP contribution in [-0.2, 0) is 19.1 Å². The number of amides is 2. The molecule has 0 aromatic heterocycles. The van der Waals surface area contributed by atoms with Crippen molar-refractivity contribution in [3.05, 3.63) is 0 Å². The van der Waals surface area contributed by atoms with Crippen LogP contribution in [-0.4, -0.2) is 84.2 Å².